The summed E-state index contributed by atoms with van der Waals surface area (Å²) in [4.78, 5) is 0. The average Bonchev–Trinajstić information content (AvgIpc) is 2.56. The minimum atomic E-state index is -0.386. The van der Waals surface area contributed by atoms with Gasteiger partial charge in [0.2, 0.25) is 0 Å². The van der Waals surface area contributed by atoms with Crippen LogP contribution in [0.1, 0.15) is 18.4 Å². The van der Waals surface area contributed by atoms with Crippen molar-refractivity contribution in [3.05, 3.63) is 60.2 Å². The van der Waals surface area contributed by atoms with E-state index in [9.17, 15) is 5.26 Å². The first-order chi connectivity index (χ1) is 9.84. The molecule has 0 amide bonds. The van der Waals surface area contributed by atoms with Crippen molar-refractivity contribution in [2.75, 3.05) is 13.2 Å². The van der Waals surface area contributed by atoms with Gasteiger partial charge in [0, 0.05) is 13.2 Å². The van der Waals surface area contributed by atoms with Gasteiger partial charge in [-0.2, -0.15) is 5.26 Å². The lowest BCUT2D eigenvalue weighted by molar-refractivity contribution is 0.0675. The van der Waals surface area contributed by atoms with E-state index in [2.05, 4.69) is 36.4 Å². The summed E-state index contributed by atoms with van der Waals surface area (Å²) in [6, 6.07) is 21.2. The number of nitriles is 1. The van der Waals surface area contributed by atoms with E-state index in [0.717, 1.165) is 18.4 Å². The summed E-state index contributed by atoms with van der Waals surface area (Å²) >= 11 is 0. The molecule has 0 aromatic heterocycles. The van der Waals surface area contributed by atoms with Crippen LogP contribution in [0.2, 0.25) is 0 Å². The SMILES string of the molecule is N#CC1(c2cccc(-c3ccccc3)c2)CCOCC1. The van der Waals surface area contributed by atoms with Crippen molar-refractivity contribution in [1.29, 1.82) is 5.26 Å². The number of benzene rings is 2. The van der Waals surface area contributed by atoms with Crippen LogP contribution in [0.4, 0.5) is 0 Å². The zero-order valence-electron chi connectivity index (χ0n) is 11.4. The molecule has 0 aliphatic carbocycles. The molecule has 1 aliphatic rings. The summed E-state index contributed by atoms with van der Waals surface area (Å²) in [5, 5.41) is 9.65. The van der Waals surface area contributed by atoms with Crippen LogP contribution in [-0.4, -0.2) is 13.2 Å². The van der Waals surface area contributed by atoms with Crippen LogP contribution < -0.4 is 0 Å². The van der Waals surface area contributed by atoms with E-state index in [1.165, 1.54) is 11.1 Å². The second-order valence-corrected chi connectivity index (χ2v) is 5.25. The number of hydrogen-bond donors (Lipinski definition) is 0. The molecule has 0 bridgehead atoms. The van der Waals surface area contributed by atoms with Crippen molar-refractivity contribution in [2.45, 2.75) is 18.3 Å². The fourth-order valence-corrected chi connectivity index (χ4v) is 2.81. The van der Waals surface area contributed by atoms with Crippen LogP contribution >= 0.6 is 0 Å². The van der Waals surface area contributed by atoms with E-state index in [1.54, 1.807) is 0 Å². The van der Waals surface area contributed by atoms with E-state index in [4.69, 9.17) is 4.74 Å². The maximum absolute atomic E-state index is 9.65. The smallest absolute Gasteiger partial charge is 0.0866 e. The molecule has 1 fully saturated rings. The van der Waals surface area contributed by atoms with Crippen LogP contribution in [-0.2, 0) is 10.2 Å². The Balaban J connectivity index is 2.01. The number of nitrogens with zero attached hydrogens (tertiary/aromatic N) is 1. The molecule has 0 atom stereocenters. The fourth-order valence-electron chi connectivity index (χ4n) is 2.81. The summed E-state index contributed by atoms with van der Waals surface area (Å²) in [5.74, 6) is 0. The van der Waals surface area contributed by atoms with Gasteiger partial charge in [-0.3, -0.25) is 0 Å². The van der Waals surface area contributed by atoms with Crippen molar-refractivity contribution >= 4 is 0 Å². The van der Waals surface area contributed by atoms with Gasteiger partial charge in [-0.05, 0) is 35.6 Å². The molecule has 0 radical (unpaired) electrons. The van der Waals surface area contributed by atoms with E-state index in [1.807, 2.05) is 24.3 Å². The standard InChI is InChI=1S/C18H17NO/c19-14-18(9-11-20-12-10-18)17-8-4-7-16(13-17)15-5-2-1-3-6-15/h1-8,13H,9-12H2. The van der Waals surface area contributed by atoms with Gasteiger partial charge >= 0.3 is 0 Å². The average molecular weight is 263 g/mol. The third-order valence-corrected chi connectivity index (χ3v) is 4.08. The Bertz CT molecular complexity index is 621. The molecule has 0 N–H and O–H groups in total. The van der Waals surface area contributed by atoms with Crippen LogP contribution in [0.15, 0.2) is 54.6 Å². The molecule has 0 unspecified atom stereocenters. The normalized spacial score (nSPS) is 17.4. The predicted octanol–water partition coefficient (Wildman–Crippen LogP) is 3.93. The first kappa shape index (κ1) is 12.9. The highest BCUT2D eigenvalue weighted by Crippen LogP contribution is 2.35. The van der Waals surface area contributed by atoms with Crippen LogP contribution in [0.3, 0.4) is 0 Å². The van der Waals surface area contributed by atoms with Gasteiger partial charge in [0.05, 0.1) is 11.5 Å². The Hall–Kier alpha value is -2.11. The monoisotopic (exact) mass is 263 g/mol. The highest BCUT2D eigenvalue weighted by atomic mass is 16.5. The molecule has 1 heterocycles. The quantitative estimate of drug-likeness (QED) is 0.822. The van der Waals surface area contributed by atoms with Gasteiger partial charge in [0.15, 0.2) is 0 Å². The molecule has 100 valence electrons. The first-order valence-corrected chi connectivity index (χ1v) is 6.99. The molecule has 20 heavy (non-hydrogen) atoms. The Morgan fingerprint density at radius 2 is 1.60 bits per heavy atom. The van der Waals surface area contributed by atoms with E-state index in [-0.39, 0.29) is 5.41 Å². The Morgan fingerprint density at radius 3 is 2.30 bits per heavy atom. The van der Waals surface area contributed by atoms with E-state index in [0.29, 0.717) is 13.2 Å². The minimum Gasteiger partial charge on any atom is -0.381 e. The Morgan fingerprint density at radius 1 is 0.900 bits per heavy atom. The zero-order valence-corrected chi connectivity index (χ0v) is 11.4. The molecule has 2 nitrogen and oxygen atoms in total. The summed E-state index contributed by atoms with van der Waals surface area (Å²) in [6.45, 7) is 1.34. The van der Waals surface area contributed by atoms with E-state index >= 15 is 0 Å². The first-order valence-electron chi connectivity index (χ1n) is 6.99. The highest BCUT2D eigenvalue weighted by Gasteiger charge is 2.34. The molecule has 2 aromatic rings. The Kier molecular flexibility index (Phi) is 3.54. The van der Waals surface area contributed by atoms with Crippen molar-refractivity contribution in [3.63, 3.8) is 0 Å². The molecular formula is C18H17NO. The molecule has 1 saturated heterocycles. The summed E-state index contributed by atoms with van der Waals surface area (Å²) in [5.41, 5.74) is 3.09. The maximum Gasteiger partial charge on any atom is 0.0866 e. The molecule has 2 aromatic carbocycles. The van der Waals surface area contributed by atoms with Crippen LogP contribution in [0.5, 0.6) is 0 Å². The fraction of sp³-hybridized carbons (Fsp3) is 0.278. The topological polar surface area (TPSA) is 33.0 Å². The van der Waals surface area contributed by atoms with Gasteiger partial charge in [0.1, 0.15) is 0 Å². The number of ether oxygens (including phenoxy) is 1. The summed E-state index contributed by atoms with van der Waals surface area (Å²) in [7, 11) is 0. The molecule has 0 saturated carbocycles. The van der Waals surface area contributed by atoms with Crippen molar-refractivity contribution in [2.24, 2.45) is 0 Å². The number of rotatable bonds is 2. The maximum atomic E-state index is 9.65. The lowest BCUT2D eigenvalue weighted by atomic mass is 9.75. The minimum absolute atomic E-state index is 0.386. The molecule has 3 rings (SSSR count). The van der Waals surface area contributed by atoms with Crippen LogP contribution in [0.25, 0.3) is 11.1 Å². The second kappa shape index (κ2) is 5.48. The second-order valence-electron chi connectivity index (χ2n) is 5.25. The zero-order chi connectivity index (χ0) is 13.8. The lowest BCUT2D eigenvalue weighted by Gasteiger charge is -2.31. The van der Waals surface area contributed by atoms with Gasteiger partial charge < -0.3 is 4.74 Å². The van der Waals surface area contributed by atoms with Crippen LogP contribution in [0, 0.1) is 11.3 Å². The largest absolute Gasteiger partial charge is 0.381 e. The summed E-state index contributed by atoms with van der Waals surface area (Å²) in [6.07, 6.45) is 1.56. The molecule has 2 heteroatoms. The molecular weight excluding hydrogens is 246 g/mol. The highest BCUT2D eigenvalue weighted by molar-refractivity contribution is 5.64. The van der Waals surface area contributed by atoms with Gasteiger partial charge in [-0.1, -0.05) is 48.5 Å². The summed E-state index contributed by atoms with van der Waals surface area (Å²) < 4.78 is 5.41. The van der Waals surface area contributed by atoms with Gasteiger partial charge in [0.25, 0.3) is 0 Å². The molecule has 1 aliphatic heterocycles. The van der Waals surface area contributed by atoms with Crippen molar-refractivity contribution < 1.29 is 4.74 Å². The third kappa shape index (κ3) is 2.33. The number of hydrogen-bond acceptors (Lipinski definition) is 2. The predicted molar refractivity (Wildman–Crippen MR) is 79.2 cm³/mol. The van der Waals surface area contributed by atoms with Gasteiger partial charge in [-0.25, -0.2) is 0 Å². The lowest BCUT2D eigenvalue weighted by Crippen LogP contribution is -2.32. The third-order valence-electron chi connectivity index (χ3n) is 4.08. The van der Waals surface area contributed by atoms with E-state index < -0.39 is 0 Å². The molecule has 0 spiro atoms. The Labute approximate surface area is 119 Å². The van der Waals surface area contributed by atoms with Crippen molar-refractivity contribution in [1.82, 2.24) is 0 Å². The van der Waals surface area contributed by atoms with Crippen molar-refractivity contribution in [3.8, 4) is 17.2 Å². The van der Waals surface area contributed by atoms with Gasteiger partial charge in [-0.15, -0.1) is 0 Å².